The number of carbonyl (C=O) groups excluding carboxylic acids is 2. The van der Waals surface area contributed by atoms with Crippen LogP contribution >= 0.6 is 11.6 Å². The van der Waals surface area contributed by atoms with Crippen LogP contribution in [-0.4, -0.2) is 22.9 Å². The number of benzene rings is 3. The van der Waals surface area contributed by atoms with Crippen molar-refractivity contribution >= 4 is 34.8 Å². The van der Waals surface area contributed by atoms with Crippen LogP contribution in [0.5, 0.6) is 0 Å². The first-order valence-corrected chi connectivity index (χ1v) is 11.6. The minimum absolute atomic E-state index is 0.0219. The number of para-hydroxylation sites is 2. The van der Waals surface area contributed by atoms with Crippen molar-refractivity contribution in [2.45, 2.75) is 12.6 Å². The molecule has 1 N–H and O–H groups in total. The highest BCUT2D eigenvalue weighted by Crippen LogP contribution is 2.33. The summed E-state index contributed by atoms with van der Waals surface area (Å²) in [6.07, 6.45) is -2.19. The summed E-state index contributed by atoms with van der Waals surface area (Å²) in [6.45, 7) is 0.406. The van der Waals surface area contributed by atoms with Crippen molar-refractivity contribution in [2.24, 2.45) is 0 Å². The molecule has 2 heterocycles. The molecule has 5 nitrogen and oxygen atoms in total. The number of fused-ring (bicyclic) bond motifs is 3. The van der Waals surface area contributed by atoms with E-state index in [0.29, 0.717) is 36.9 Å². The lowest BCUT2D eigenvalue weighted by Crippen LogP contribution is -2.32. The Morgan fingerprint density at radius 2 is 1.65 bits per heavy atom. The summed E-state index contributed by atoms with van der Waals surface area (Å²) in [6, 6.07) is 17.1. The van der Waals surface area contributed by atoms with Gasteiger partial charge < -0.3 is 14.8 Å². The summed E-state index contributed by atoms with van der Waals surface area (Å²) < 4.78 is 55.1. The highest BCUT2D eigenvalue weighted by molar-refractivity contribution is 6.35. The minimum atomic E-state index is -4.73. The Labute approximate surface area is 213 Å². The van der Waals surface area contributed by atoms with Crippen LogP contribution in [0, 0.1) is 5.82 Å². The van der Waals surface area contributed by atoms with Crippen molar-refractivity contribution in [3.05, 3.63) is 112 Å². The smallest absolute Gasteiger partial charge is 0.322 e. The van der Waals surface area contributed by atoms with E-state index in [9.17, 15) is 27.2 Å². The molecule has 0 fully saturated rings. The number of halogens is 5. The van der Waals surface area contributed by atoms with Crippen molar-refractivity contribution in [3.8, 4) is 5.69 Å². The molecule has 37 heavy (non-hydrogen) atoms. The second-order valence-electron chi connectivity index (χ2n) is 8.41. The maximum atomic E-state index is 14.1. The van der Waals surface area contributed by atoms with E-state index in [2.05, 4.69) is 5.32 Å². The Hall–Kier alpha value is -4.11. The van der Waals surface area contributed by atoms with Gasteiger partial charge in [0.05, 0.1) is 33.1 Å². The SMILES string of the molecule is O=C(Nc1ccc(C(=O)N2CCc3cccn3-c3ccccc32)c(Cl)c1)c1cc(C(F)(F)F)ccc1F. The predicted octanol–water partition coefficient (Wildman–Crippen LogP) is 6.74. The van der Waals surface area contributed by atoms with Crippen LogP contribution in [-0.2, 0) is 12.6 Å². The van der Waals surface area contributed by atoms with Crippen LogP contribution in [0.3, 0.4) is 0 Å². The van der Waals surface area contributed by atoms with Gasteiger partial charge in [0, 0.05) is 30.5 Å². The summed E-state index contributed by atoms with van der Waals surface area (Å²) in [5, 5.41) is 2.36. The Morgan fingerprint density at radius 1 is 0.892 bits per heavy atom. The molecule has 4 aromatic rings. The number of carbonyl (C=O) groups is 2. The van der Waals surface area contributed by atoms with Crippen molar-refractivity contribution in [3.63, 3.8) is 0 Å². The molecular weight excluding hydrogens is 510 g/mol. The van der Waals surface area contributed by atoms with Gasteiger partial charge in [-0.2, -0.15) is 13.2 Å². The molecule has 0 radical (unpaired) electrons. The van der Waals surface area contributed by atoms with Gasteiger partial charge in [-0.25, -0.2) is 4.39 Å². The Balaban J connectivity index is 1.40. The lowest BCUT2D eigenvalue weighted by atomic mass is 10.1. The van der Waals surface area contributed by atoms with Crippen molar-refractivity contribution < 1.29 is 27.2 Å². The normalized spacial score (nSPS) is 12.9. The first kappa shape index (κ1) is 24.6. The number of rotatable bonds is 3. The number of aromatic nitrogens is 1. The molecule has 1 aliphatic rings. The molecule has 5 rings (SSSR count). The van der Waals surface area contributed by atoms with E-state index in [1.54, 1.807) is 4.90 Å². The summed E-state index contributed by atoms with van der Waals surface area (Å²) in [5.41, 5.74) is 0.946. The van der Waals surface area contributed by atoms with Crippen LogP contribution in [0.4, 0.5) is 28.9 Å². The zero-order valence-corrected chi connectivity index (χ0v) is 19.8. The van der Waals surface area contributed by atoms with Gasteiger partial charge >= 0.3 is 6.18 Å². The first-order valence-electron chi connectivity index (χ1n) is 11.2. The Morgan fingerprint density at radius 3 is 2.38 bits per heavy atom. The number of amides is 2. The summed E-state index contributed by atoms with van der Waals surface area (Å²) in [7, 11) is 0. The van der Waals surface area contributed by atoms with E-state index in [-0.39, 0.29) is 22.2 Å². The molecule has 3 aromatic carbocycles. The van der Waals surface area contributed by atoms with Crippen molar-refractivity contribution in [2.75, 3.05) is 16.8 Å². The molecule has 0 aliphatic carbocycles. The number of hydrogen-bond acceptors (Lipinski definition) is 2. The lowest BCUT2D eigenvalue weighted by Gasteiger charge is -2.23. The molecule has 1 aromatic heterocycles. The number of nitrogens with one attached hydrogen (secondary N) is 1. The van der Waals surface area contributed by atoms with Gasteiger partial charge in [0.1, 0.15) is 5.82 Å². The fourth-order valence-electron chi connectivity index (χ4n) is 4.29. The predicted molar refractivity (Wildman–Crippen MR) is 132 cm³/mol. The topological polar surface area (TPSA) is 54.3 Å². The van der Waals surface area contributed by atoms with Crippen LogP contribution in [0.25, 0.3) is 5.69 Å². The number of nitrogens with zero attached hydrogens (tertiary/aromatic N) is 2. The standard InChI is InChI=1S/C27H18ClF4N3O2/c28-21-15-17(33-25(36)20-14-16(27(30,31)32)7-10-22(20)29)8-9-19(21)26(37)35-13-11-18-4-3-12-34(18)23-5-1-2-6-24(23)35/h1-10,12,14-15H,11,13H2,(H,33,36). The van der Waals surface area contributed by atoms with Crippen LogP contribution in [0.1, 0.15) is 32.0 Å². The van der Waals surface area contributed by atoms with E-state index in [1.165, 1.54) is 18.2 Å². The average molecular weight is 528 g/mol. The van der Waals surface area contributed by atoms with Crippen LogP contribution in [0.15, 0.2) is 79.0 Å². The summed E-state index contributed by atoms with van der Waals surface area (Å²) in [4.78, 5) is 27.7. The summed E-state index contributed by atoms with van der Waals surface area (Å²) >= 11 is 6.40. The maximum absolute atomic E-state index is 14.1. The van der Waals surface area contributed by atoms with Crippen molar-refractivity contribution in [1.82, 2.24) is 4.57 Å². The van der Waals surface area contributed by atoms with Crippen molar-refractivity contribution in [1.29, 1.82) is 0 Å². The highest BCUT2D eigenvalue weighted by Gasteiger charge is 2.32. The maximum Gasteiger partial charge on any atom is 0.416 e. The number of anilines is 2. The van der Waals surface area contributed by atoms with Gasteiger partial charge in [0.25, 0.3) is 11.8 Å². The molecular formula is C27H18ClF4N3O2. The molecule has 0 bridgehead atoms. The molecule has 10 heteroatoms. The molecule has 2 amide bonds. The Bertz CT molecular complexity index is 1530. The van der Waals surface area contributed by atoms with Gasteiger partial charge in [-0.3, -0.25) is 9.59 Å². The molecule has 0 spiro atoms. The van der Waals surface area contributed by atoms with Crippen LogP contribution in [0.2, 0.25) is 5.02 Å². The summed E-state index contributed by atoms with van der Waals surface area (Å²) in [5.74, 6) is -2.54. The first-order chi connectivity index (χ1) is 17.6. The van der Waals surface area contributed by atoms with Gasteiger partial charge in [0.2, 0.25) is 0 Å². The average Bonchev–Trinajstić information content (AvgIpc) is 3.26. The molecule has 1 aliphatic heterocycles. The third-order valence-electron chi connectivity index (χ3n) is 6.10. The largest absolute Gasteiger partial charge is 0.416 e. The lowest BCUT2D eigenvalue weighted by molar-refractivity contribution is -0.137. The van der Waals surface area contributed by atoms with Gasteiger partial charge in [-0.1, -0.05) is 23.7 Å². The molecule has 188 valence electrons. The van der Waals surface area contributed by atoms with E-state index in [0.717, 1.165) is 11.4 Å². The van der Waals surface area contributed by atoms with Crippen LogP contribution < -0.4 is 10.2 Å². The molecule has 0 unspecified atom stereocenters. The quantitative estimate of drug-likeness (QED) is 0.300. The number of alkyl halides is 3. The van der Waals surface area contributed by atoms with Gasteiger partial charge in [-0.05, 0) is 60.7 Å². The van der Waals surface area contributed by atoms with Gasteiger partial charge in [-0.15, -0.1) is 0 Å². The third kappa shape index (κ3) is 4.70. The second-order valence-corrected chi connectivity index (χ2v) is 8.81. The zero-order chi connectivity index (χ0) is 26.3. The molecule has 0 saturated carbocycles. The second kappa shape index (κ2) is 9.40. The molecule has 0 atom stereocenters. The van der Waals surface area contributed by atoms with E-state index in [1.807, 2.05) is 47.2 Å². The number of hydrogen-bond donors (Lipinski definition) is 1. The highest BCUT2D eigenvalue weighted by atomic mass is 35.5. The Kier molecular flexibility index (Phi) is 6.25. The fraction of sp³-hybridized carbons (Fsp3) is 0.111. The van der Waals surface area contributed by atoms with E-state index < -0.39 is 29.0 Å². The van der Waals surface area contributed by atoms with E-state index in [4.69, 9.17) is 11.6 Å². The zero-order valence-electron chi connectivity index (χ0n) is 19.0. The van der Waals surface area contributed by atoms with Gasteiger partial charge in [0.15, 0.2) is 0 Å². The fourth-order valence-corrected chi connectivity index (χ4v) is 4.56. The monoisotopic (exact) mass is 527 g/mol. The molecule has 0 saturated heterocycles. The minimum Gasteiger partial charge on any atom is -0.322 e. The third-order valence-corrected chi connectivity index (χ3v) is 6.41. The van der Waals surface area contributed by atoms with E-state index >= 15 is 0 Å².